The van der Waals surface area contributed by atoms with Crippen LogP contribution in [0.15, 0.2) is 23.5 Å². The standard InChI is InChI=1S/C8H12O.C3H8/c1-3-7-5-6-9-8(7)4-2;1-3-2/h3-4H,5-6H2,1-2H3;3H2,1-2H3/b7-3-,8-4+;. The number of allylic oxidation sites excluding steroid dienone is 3. The largest absolute Gasteiger partial charge is 0.493 e. The fourth-order valence-electron chi connectivity index (χ4n) is 1.04. The predicted molar refractivity (Wildman–Crippen MR) is 54.0 cm³/mol. The van der Waals surface area contributed by atoms with Crippen molar-refractivity contribution in [1.29, 1.82) is 0 Å². The second kappa shape index (κ2) is 6.96. The monoisotopic (exact) mass is 168 g/mol. The highest BCUT2D eigenvalue weighted by atomic mass is 16.5. The molecule has 1 heterocycles. The molecule has 12 heavy (non-hydrogen) atoms. The van der Waals surface area contributed by atoms with Crippen LogP contribution in [0.2, 0.25) is 0 Å². The molecule has 70 valence electrons. The van der Waals surface area contributed by atoms with Crippen molar-refractivity contribution in [2.75, 3.05) is 6.61 Å². The van der Waals surface area contributed by atoms with Crippen LogP contribution >= 0.6 is 0 Å². The molecule has 0 amide bonds. The molecule has 1 nitrogen and oxygen atoms in total. The Bertz CT molecular complexity index is 148. The zero-order valence-corrected chi connectivity index (χ0v) is 8.68. The molecule has 0 aromatic rings. The molecule has 0 aromatic carbocycles. The molecule has 0 atom stereocenters. The minimum Gasteiger partial charge on any atom is -0.493 e. The van der Waals surface area contributed by atoms with Gasteiger partial charge in [-0.25, -0.2) is 0 Å². The summed E-state index contributed by atoms with van der Waals surface area (Å²) in [5.41, 5.74) is 1.34. The van der Waals surface area contributed by atoms with Crippen LogP contribution in [0.4, 0.5) is 0 Å². The van der Waals surface area contributed by atoms with E-state index in [4.69, 9.17) is 4.74 Å². The van der Waals surface area contributed by atoms with E-state index in [1.807, 2.05) is 19.9 Å². The van der Waals surface area contributed by atoms with Crippen LogP contribution < -0.4 is 0 Å². The summed E-state index contributed by atoms with van der Waals surface area (Å²) in [6.07, 6.45) is 6.46. The van der Waals surface area contributed by atoms with Crippen molar-refractivity contribution in [1.82, 2.24) is 0 Å². The molecule has 1 rings (SSSR count). The van der Waals surface area contributed by atoms with E-state index in [2.05, 4.69) is 19.9 Å². The first-order chi connectivity index (χ1) is 5.79. The van der Waals surface area contributed by atoms with Gasteiger partial charge >= 0.3 is 0 Å². The third-order valence-electron chi connectivity index (χ3n) is 1.56. The molecule has 0 aliphatic carbocycles. The summed E-state index contributed by atoms with van der Waals surface area (Å²) in [4.78, 5) is 0. The van der Waals surface area contributed by atoms with E-state index in [1.54, 1.807) is 0 Å². The van der Waals surface area contributed by atoms with Gasteiger partial charge in [0.15, 0.2) is 0 Å². The summed E-state index contributed by atoms with van der Waals surface area (Å²) in [7, 11) is 0. The lowest BCUT2D eigenvalue weighted by atomic mass is 10.2. The molecule has 0 saturated carbocycles. The van der Waals surface area contributed by atoms with Gasteiger partial charge in [-0.15, -0.1) is 0 Å². The Kier molecular flexibility index (Phi) is 6.54. The summed E-state index contributed by atoms with van der Waals surface area (Å²) in [6.45, 7) is 9.16. The highest BCUT2D eigenvalue weighted by molar-refractivity contribution is 5.27. The molecule has 0 aromatic heterocycles. The number of hydrogen-bond acceptors (Lipinski definition) is 1. The van der Waals surface area contributed by atoms with Gasteiger partial charge in [-0.05, 0) is 25.5 Å². The quantitative estimate of drug-likeness (QED) is 0.536. The summed E-state index contributed by atoms with van der Waals surface area (Å²) in [5, 5.41) is 0. The van der Waals surface area contributed by atoms with Crippen molar-refractivity contribution >= 4 is 0 Å². The van der Waals surface area contributed by atoms with Crippen molar-refractivity contribution in [3.8, 4) is 0 Å². The summed E-state index contributed by atoms with van der Waals surface area (Å²) >= 11 is 0. The summed E-state index contributed by atoms with van der Waals surface area (Å²) in [5.74, 6) is 1.07. The maximum atomic E-state index is 5.30. The van der Waals surface area contributed by atoms with Gasteiger partial charge in [-0.3, -0.25) is 0 Å². The average molecular weight is 168 g/mol. The Morgan fingerprint density at radius 1 is 1.25 bits per heavy atom. The Labute approximate surface area is 76.1 Å². The van der Waals surface area contributed by atoms with Gasteiger partial charge in [-0.2, -0.15) is 0 Å². The molecule has 1 aliphatic rings. The Balaban J connectivity index is 0.000000354. The van der Waals surface area contributed by atoms with Crippen molar-refractivity contribution in [2.24, 2.45) is 0 Å². The molecule has 1 heteroatoms. The van der Waals surface area contributed by atoms with Crippen LogP contribution in [-0.4, -0.2) is 6.61 Å². The number of rotatable bonds is 0. The maximum Gasteiger partial charge on any atom is 0.118 e. The highest BCUT2D eigenvalue weighted by Gasteiger charge is 2.11. The van der Waals surface area contributed by atoms with Gasteiger partial charge in [0.1, 0.15) is 5.76 Å². The second-order valence-electron chi connectivity index (χ2n) is 2.77. The lowest BCUT2D eigenvalue weighted by Gasteiger charge is -1.95. The lowest BCUT2D eigenvalue weighted by Crippen LogP contribution is -1.77. The molecule has 0 spiro atoms. The van der Waals surface area contributed by atoms with Gasteiger partial charge in [0.05, 0.1) is 6.61 Å². The smallest absolute Gasteiger partial charge is 0.118 e. The first-order valence-electron chi connectivity index (χ1n) is 4.74. The third kappa shape index (κ3) is 3.61. The van der Waals surface area contributed by atoms with E-state index in [0.29, 0.717) is 0 Å². The fourth-order valence-corrected chi connectivity index (χ4v) is 1.04. The van der Waals surface area contributed by atoms with E-state index in [0.717, 1.165) is 18.8 Å². The van der Waals surface area contributed by atoms with Gasteiger partial charge in [0, 0.05) is 6.42 Å². The molecule has 1 fully saturated rings. The average Bonchev–Trinajstić information content (AvgIpc) is 2.52. The SMILES string of the molecule is C/C=C1/CCO/C1=C/C.CCC. The predicted octanol–water partition coefficient (Wildman–Crippen LogP) is 3.67. The normalized spacial score (nSPS) is 22.0. The molecular weight excluding hydrogens is 148 g/mol. The molecule has 0 radical (unpaired) electrons. The first kappa shape index (κ1) is 11.3. The zero-order chi connectivity index (χ0) is 9.40. The Morgan fingerprint density at radius 2 is 1.83 bits per heavy atom. The van der Waals surface area contributed by atoms with E-state index in [9.17, 15) is 0 Å². The van der Waals surface area contributed by atoms with E-state index < -0.39 is 0 Å². The van der Waals surface area contributed by atoms with Gasteiger partial charge in [0.25, 0.3) is 0 Å². The summed E-state index contributed by atoms with van der Waals surface area (Å²) < 4.78 is 5.30. The lowest BCUT2D eigenvalue weighted by molar-refractivity contribution is 0.265. The number of hydrogen-bond donors (Lipinski definition) is 0. The van der Waals surface area contributed by atoms with Crippen LogP contribution in [0.5, 0.6) is 0 Å². The van der Waals surface area contributed by atoms with Crippen molar-refractivity contribution in [2.45, 2.75) is 40.5 Å². The van der Waals surface area contributed by atoms with Crippen LogP contribution in [0.25, 0.3) is 0 Å². The maximum absolute atomic E-state index is 5.30. The van der Waals surface area contributed by atoms with Crippen LogP contribution in [0.3, 0.4) is 0 Å². The van der Waals surface area contributed by atoms with Crippen LogP contribution in [0, 0.1) is 0 Å². The van der Waals surface area contributed by atoms with E-state index >= 15 is 0 Å². The van der Waals surface area contributed by atoms with E-state index in [-0.39, 0.29) is 0 Å². The highest BCUT2D eigenvalue weighted by Crippen LogP contribution is 2.22. The van der Waals surface area contributed by atoms with Crippen LogP contribution in [-0.2, 0) is 4.74 Å². The van der Waals surface area contributed by atoms with Gasteiger partial charge in [0.2, 0.25) is 0 Å². The molecular formula is C11H20O. The topological polar surface area (TPSA) is 9.23 Å². The van der Waals surface area contributed by atoms with Crippen molar-refractivity contribution < 1.29 is 4.74 Å². The second-order valence-corrected chi connectivity index (χ2v) is 2.77. The van der Waals surface area contributed by atoms with Gasteiger partial charge < -0.3 is 4.74 Å². The Morgan fingerprint density at radius 3 is 2.17 bits per heavy atom. The molecule has 0 N–H and O–H groups in total. The molecule has 0 bridgehead atoms. The van der Waals surface area contributed by atoms with Crippen molar-refractivity contribution in [3.63, 3.8) is 0 Å². The molecule has 1 saturated heterocycles. The summed E-state index contributed by atoms with van der Waals surface area (Å²) in [6, 6.07) is 0. The molecule has 1 aliphatic heterocycles. The zero-order valence-electron chi connectivity index (χ0n) is 8.68. The first-order valence-corrected chi connectivity index (χ1v) is 4.74. The third-order valence-corrected chi connectivity index (χ3v) is 1.56. The molecule has 0 unspecified atom stereocenters. The fraction of sp³-hybridized carbons (Fsp3) is 0.636. The number of ether oxygens (including phenoxy) is 1. The van der Waals surface area contributed by atoms with Crippen molar-refractivity contribution in [3.05, 3.63) is 23.5 Å². The minimum absolute atomic E-state index is 0.860. The van der Waals surface area contributed by atoms with Crippen LogP contribution in [0.1, 0.15) is 40.5 Å². The van der Waals surface area contributed by atoms with Gasteiger partial charge in [-0.1, -0.05) is 26.3 Å². The van der Waals surface area contributed by atoms with E-state index in [1.165, 1.54) is 12.0 Å². The minimum atomic E-state index is 0.860. The Hall–Kier alpha value is -0.720.